The van der Waals surface area contributed by atoms with E-state index in [0.717, 1.165) is 30.2 Å². The summed E-state index contributed by atoms with van der Waals surface area (Å²) in [5.41, 5.74) is 6.76. The Balaban J connectivity index is 2.35. The van der Waals surface area contributed by atoms with Crippen LogP contribution in [0.4, 0.5) is 0 Å². The van der Waals surface area contributed by atoms with E-state index in [1.165, 1.54) is 4.88 Å². The third-order valence-electron chi connectivity index (χ3n) is 3.13. The highest BCUT2D eigenvalue weighted by molar-refractivity contribution is 7.11. The van der Waals surface area contributed by atoms with Crippen molar-refractivity contribution in [2.75, 3.05) is 6.61 Å². The van der Waals surface area contributed by atoms with Crippen LogP contribution >= 0.6 is 11.3 Å². The molecule has 90 valence electrons. The van der Waals surface area contributed by atoms with E-state index in [9.17, 15) is 0 Å². The summed E-state index contributed by atoms with van der Waals surface area (Å²) in [6, 6.07) is 0. The Morgan fingerprint density at radius 3 is 2.75 bits per heavy atom. The van der Waals surface area contributed by atoms with E-state index in [2.05, 4.69) is 20.8 Å². The van der Waals surface area contributed by atoms with Crippen molar-refractivity contribution in [3.63, 3.8) is 0 Å². The van der Waals surface area contributed by atoms with Crippen LogP contribution in [0.5, 0.6) is 0 Å². The average molecular weight is 240 g/mol. The Hall–Kier alpha value is -0.450. The van der Waals surface area contributed by atoms with Crippen molar-refractivity contribution >= 4 is 11.3 Å². The van der Waals surface area contributed by atoms with Crippen LogP contribution in [0.2, 0.25) is 0 Å². The highest BCUT2D eigenvalue weighted by Crippen LogP contribution is 2.39. The van der Waals surface area contributed by atoms with Gasteiger partial charge in [0.2, 0.25) is 0 Å². The molecule has 1 aromatic rings. The van der Waals surface area contributed by atoms with Crippen LogP contribution in [0.1, 0.15) is 55.1 Å². The van der Waals surface area contributed by atoms with Crippen LogP contribution in [-0.4, -0.2) is 11.6 Å². The minimum absolute atomic E-state index is 0.165. The Bertz CT molecular complexity index is 367. The molecule has 1 saturated heterocycles. The van der Waals surface area contributed by atoms with Crippen LogP contribution in [0, 0.1) is 0 Å². The molecule has 1 atom stereocenters. The lowest BCUT2D eigenvalue weighted by molar-refractivity contribution is 0.0165. The molecular weight excluding hydrogens is 220 g/mol. The monoisotopic (exact) mass is 240 g/mol. The Morgan fingerprint density at radius 1 is 1.56 bits per heavy atom. The molecule has 16 heavy (non-hydrogen) atoms. The van der Waals surface area contributed by atoms with Gasteiger partial charge in [-0.05, 0) is 25.7 Å². The summed E-state index contributed by atoms with van der Waals surface area (Å²) < 4.78 is 5.83. The summed E-state index contributed by atoms with van der Waals surface area (Å²) in [6.45, 7) is 7.90. The minimum atomic E-state index is -0.165. The summed E-state index contributed by atoms with van der Waals surface area (Å²) in [6.07, 6.45) is 2.20. The standard InChI is InChI=1S/C12H20N2OS/c1-8(2)10-9(7-13)16-11(14-10)12(3)5-4-6-15-12/h8H,4-7,13H2,1-3H3. The fraction of sp³-hybridized carbons (Fsp3) is 0.750. The van der Waals surface area contributed by atoms with Crippen LogP contribution in [-0.2, 0) is 16.9 Å². The maximum atomic E-state index is 5.83. The predicted octanol–water partition coefficient (Wildman–Crippen LogP) is 2.75. The van der Waals surface area contributed by atoms with Gasteiger partial charge in [0.1, 0.15) is 10.6 Å². The summed E-state index contributed by atoms with van der Waals surface area (Å²) in [5.74, 6) is 0.438. The molecule has 2 rings (SSSR count). The van der Waals surface area contributed by atoms with Crippen molar-refractivity contribution in [3.8, 4) is 0 Å². The first kappa shape index (κ1) is 12.0. The van der Waals surface area contributed by atoms with E-state index in [0.29, 0.717) is 12.5 Å². The predicted molar refractivity (Wildman–Crippen MR) is 66.6 cm³/mol. The maximum absolute atomic E-state index is 5.83. The number of ether oxygens (including phenoxy) is 1. The maximum Gasteiger partial charge on any atom is 0.125 e. The van der Waals surface area contributed by atoms with E-state index in [4.69, 9.17) is 15.5 Å². The number of hydrogen-bond acceptors (Lipinski definition) is 4. The number of hydrogen-bond donors (Lipinski definition) is 1. The van der Waals surface area contributed by atoms with Gasteiger partial charge in [-0.25, -0.2) is 4.98 Å². The van der Waals surface area contributed by atoms with Crippen LogP contribution in [0.15, 0.2) is 0 Å². The lowest BCUT2D eigenvalue weighted by Gasteiger charge is -2.19. The zero-order valence-electron chi connectivity index (χ0n) is 10.2. The summed E-state index contributed by atoms with van der Waals surface area (Å²) >= 11 is 1.72. The molecule has 2 heterocycles. The first-order valence-corrected chi connectivity index (χ1v) is 6.72. The Kier molecular flexibility index (Phi) is 3.33. The molecule has 1 fully saturated rings. The fourth-order valence-corrected chi connectivity index (χ4v) is 3.36. The van der Waals surface area contributed by atoms with Crippen LogP contribution in [0.3, 0.4) is 0 Å². The number of aromatic nitrogens is 1. The molecule has 0 aromatic carbocycles. The van der Waals surface area contributed by atoms with Gasteiger partial charge in [-0.3, -0.25) is 0 Å². The Morgan fingerprint density at radius 2 is 2.31 bits per heavy atom. The first-order valence-electron chi connectivity index (χ1n) is 5.91. The van der Waals surface area contributed by atoms with E-state index in [-0.39, 0.29) is 5.60 Å². The zero-order chi connectivity index (χ0) is 11.8. The highest BCUT2D eigenvalue weighted by atomic mass is 32.1. The Labute approximate surface area is 101 Å². The van der Waals surface area contributed by atoms with Crippen LogP contribution in [0.25, 0.3) is 0 Å². The van der Waals surface area contributed by atoms with Gasteiger partial charge in [0.15, 0.2) is 0 Å². The third-order valence-corrected chi connectivity index (χ3v) is 4.47. The lowest BCUT2D eigenvalue weighted by atomic mass is 10.0. The van der Waals surface area contributed by atoms with E-state index < -0.39 is 0 Å². The summed E-state index contributed by atoms with van der Waals surface area (Å²) in [7, 11) is 0. The van der Waals surface area contributed by atoms with Gasteiger partial charge < -0.3 is 10.5 Å². The number of nitrogens with two attached hydrogens (primary N) is 1. The van der Waals surface area contributed by atoms with Gasteiger partial charge >= 0.3 is 0 Å². The molecule has 0 amide bonds. The molecule has 0 spiro atoms. The normalized spacial score (nSPS) is 25.6. The average Bonchev–Trinajstić information content (AvgIpc) is 2.83. The molecule has 0 bridgehead atoms. The van der Waals surface area contributed by atoms with Crippen molar-refractivity contribution in [2.24, 2.45) is 5.73 Å². The smallest absolute Gasteiger partial charge is 0.125 e. The summed E-state index contributed by atoms with van der Waals surface area (Å²) in [5, 5.41) is 1.11. The molecule has 1 aromatic heterocycles. The van der Waals surface area contributed by atoms with Crippen LogP contribution < -0.4 is 5.73 Å². The molecule has 2 N–H and O–H groups in total. The molecular formula is C12H20N2OS. The van der Waals surface area contributed by atoms with Crippen molar-refractivity contribution in [2.45, 2.75) is 51.7 Å². The first-order chi connectivity index (χ1) is 7.57. The van der Waals surface area contributed by atoms with Gasteiger partial charge in [-0.1, -0.05) is 13.8 Å². The molecule has 4 heteroatoms. The van der Waals surface area contributed by atoms with Gasteiger partial charge in [0, 0.05) is 18.0 Å². The second-order valence-corrected chi connectivity index (χ2v) is 5.95. The second kappa shape index (κ2) is 4.43. The van der Waals surface area contributed by atoms with E-state index in [1.54, 1.807) is 11.3 Å². The topological polar surface area (TPSA) is 48.1 Å². The van der Waals surface area contributed by atoms with Gasteiger partial charge in [-0.2, -0.15) is 0 Å². The molecule has 1 aliphatic heterocycles. The molecule has 1 aliphatic rings. The lowest BCUT2D eigenvalue weighted by Crippen LogP contribution is -2.19. The number of thiazole rings is 1. The number of nitrogens with zero attached hydrogens (tertiary/aromatic N) is 1. The highest BCUT2D eigenvalue weighted by Gasteiger charge is 2.35. The van der Waals surface area contributed by atoms with Crippen molar-refractivity contribution in [1.29, 1.82) is 0 Å². The fourth-order valence-electron chi connectivity index (χ4n) is 2.13. The molecule has 1 unspecified atom stereocenters. The van der Waals surface area contributed by atoms with Crippen molar-refractivity contribution in [1.82, 2.24) is 4.98 Å². The second-order valence-electron chi connectivity index (χ2n) is 4.87. The van der Waals surface area contributed by atoms with Crippen molar-refractivity contribution < 1.29 is 4.74 Å². The SMILES string of the molecule is CC(C)c1nc(C2(C)CCCO2)sc1CN. The molecule has 3 nitrogen and oxygen atoms in total. The summed E-state index contributed by atoms with van der Waals surface area (Å²) in [4.78, 5) is 5.96. The van der Waals surface area contributed by atoms with E-state index >= 15 is 0 Å². The van der Waals surface area contributed by atoms with Gasteiger partial charge in [0.25, 0.3) is 0 Å². The zero-order valence-corrected chi connectivity index (χ0v) is 11.1. The third kappa shape index (κ3) is 2.01. The number of rotatable bonds is 3. The van der Waals surface area contributed by atoms with Gasteiger partial charge in [-0.15, -0.1) is 11.3 Å². The van der Waals surface area contributed by atoms with Gasteiger partial charge in [0.05, 0.1) is 5.69 Å². The molecule has 0 radical (unpaired) electrons. The molecule has 0 saturated carbocycles. The molecule has 0 aliphatic carbocycles. The minimum Gasteiger partial charge on any atom is -0.368 e. The van der Waals surface area contributed by atoms with Crippen molar-refractivity contribution in [3.05, 3.63) is 15.6 Å². The largest absolute Gasteiger partial charge is 0.368 e. The van der Waals surface area contributed by atoms with E-state index in [1.807, 2.05) is 0 Å². The quantitative estimate of drug-likeness (QED) is 0.883.